The number of hydrogen-bond acceptors (Lipinski definition) is 2. The number of nitrogens with one attached hydrogen (secondary N) is 1. The van der Waals surface area contributed by atoms with Gasteiger partial charge in [-0.05, 0) is 24.9 Å². The third kappa shape index (κ3) is 2.98. The zero-order valence-corrected chi connectivity index (χ0v) is 11.3. The Morgan fingerprint density at radius 1 is 1.32 bits per heavy atom. The monoisotopic (exact) mass is 311 g/mol. The van der Waals surface area contributed by atoms with Gasteiger partial charge in [-0.2, -0.15) is 0 Å². The second kappa shape index (κ2) is 5.59. The maximum Gasteiger partial charge on any atom is 0.230 e. The number of benzene rings is 1. The van der Waals surface area contributed by atoms with Crippen LogP contribution in [0.1, 0.15) is 52.5 Å². The van der Waals surface area contributed by atoms with Crippen molar-refractivity contribution in [1.29, 1.82) is 0 Å². The summed E-state index contributed by atoms with van der Waals surface area (Å²) in [6, 6.07) is 2.13. The summed E-state index contributed by atoms with van der Waals surface area (Å²) in [4.78, 5) is 13.0. The maximum atomic E-state index is 13.0. The van der Waals surface area contributed by atoms with Crippen LogP contribution in [-0.2, 0) is 4.79 Å². The quantitative estimate of drug-likeness (QED) is 0.784. The van der Waals surface area contributed by atoms with E-state index in [4.69, 9.17) is 36.9 Å². The van der Waals surface area contributed by atoms with E-state index in [9.17, 15) is 9.90 Å². The summed E-state index contributed by atoms with van der Waals surface area (Å²) in [7, 11) is 0. The van der Waals surface area contributed by atoms with Crippen LogP contribution in [0.15, 0.2) is 12.1 Å². The third-order valence-electron chi connectivity index (χ3n) is 2.51. The van der Waals surface area contributed by atoms with Crippen molar-refractivity contribution in [2.75, 3.05) is 5.32 Å². The molecule has 0 radical (unpaired) electrons. The van der Waals surface area contributed by atoms with Gasteiger partial charge in [0.1, 0.15) is 10.8 Å². The van der Waals surface area contributed by atoms with E-state index in [0.29, 0.717) is 6.92 Å². The molecule has 2 rings (SSSR count). The zero-order chi connectivity index (χ0) is 23.0. The normalized spacial score (nSPS) is 39.1. The molecule has 2 N–H and O–H groups in total. The van der Waals surface area contributed by atoms with Gasteiger partial charge in [0.25, 0.3) is 0 Å². The fourth-order valence-corrected chi connectivity index (χ4v) is 1.74. The van der Waals surface area contributed by atoms with E-state index in [1.165, 1.54) is 0 Å². The van der Waals surface area contributed by atoms with E-state index in [0.717, 1.165) is 12.1 Å². The molecule has 1 amide bonds. The van der Waals surface area contributed by atoms with Crippen LogP contribution in [0.4, 0.5) is 5.69 Å². The second-order valence-corrected chi connectivity index (χ2v) is 4.72. The van der Waals surface area contributed by atoms with Crippen molar-refractivity contribution in [1.82, 2.24) is 0 Å². The Hall–Kier alpha value is -0.930. The van der Waals surface area contributed by atoms with Gasteiger partial charge in [-0.1, -0.05) is 49.2 Å². The van der Waals surface area contributed by atoms with E-state index in [1.54, 1.807) is 0 Å². The Morgan fingerprint density at radius 3 is 2.58 bits per heavy atom. The van der Waals surface area contributed by atoms with Crippen molar-refractivity contribution in [2.24, 2.45) is 5.41 Å². The van der Waals surface area contributed by atoms with E-state index in [1.807, 2.05) is 0 Å². The Morgan fingerprint density at radius 2 is 1.95 bits per heavy atom. The number of amides is 1. The number of carbonyl (C=O) groups is 1. The molecular formula is C14H17Cl2NO2. The van der Waals surface area contributed by atoms with Crippen molar-refractivity contribution in [2.45, 2.75) is 38.8 Å². The number of aromatic hydroxyl groups is 1. The molecule has 1 aromatic carbocycles. The molecule has 1 aliphatic carbocycles. The lowest BCUT2D eigenvalue weighted by Crippen LogP contribution is -2.35. The van der Waals surface area contributed by atoms with Crippen molar-refractivity contribution < 1.29 is 23.6 Å². The van der Waals surface area contributed by atoms with Gasteiger partial charge in [-0.25, -0.2) is 0 Å². The topological polar surface area (TPSA) is 49.3 Å². The number of halogens is 2. The first kappa shape index (κ1) is 6.23. The van der Waals surface area contributed by atoms with E-state index < -0.39 is 48.9 Å². The Balaban J connectivity index is 2.71. The van der Waals surface area contributed by atoms with Crippen LogP contribution in [0.2, 0.25) is 10.0 Å². The van der Waals surface area contributed by atoms with Gasteiger partial charge < -0.3 is 10.4 Å². The molecule has 1 aliphatic rings. The Kier molecular flexibility index (Phi) is 1.83. The minimum atomic E-state index is -3.62. The van der Waals surface area contributed by atoms with Gasteiger partial charge in [0.15, 0.2) is 0 Å². The highest BCUT2D eigenvalue weighted by Gasteiger charge is 2.34. The molecule has 0 unspecified atom stereocenters. The average molecular weight is 312 g/mol. The van der Waals surface area contributed by atoms with Crippen molar-refractivity contribution in [3.05, 3.63) is 22.2 Å². The van der Waals surface area contributed by atoms with Crippen LogP contribution in [-0.4, -0.2) is 11.0 Å². The molecule has 0 atom stereocenters. The second-order valence-electron chi connectivity index (χ2n) is 3.96. The van der Waals surface area contributed by atoms with E-state index >= 15 is 0 Å². The molecule has 5 heteroatoms. The summed E-state index contributed by atoms with van der Waals surface area (Å²) in [5.41, 5.74) is -3.31. The van der Waals surface area contributed by atoms with Gasteiger partial charge in [0, 0.05) is 19.1 Å². The lowest BCUT2D eigenvalue weighted by atomic mass is 9.75. The van der Waals surface area contributed by atoms with Crippen LogP contribution < -0.4 is 5.32 Å². The zero-order valence-electron chi connectivity index (χ0n) is 19.8. The standard InChI is InChI=1S/C14H17Cl2NO2/c1-14(7-3-2-4-8-14)13(19)17-9-5-6-10(18)12(16)11(9)15/h5-6,18H,2-4,7-8H2,1H3,(H,17,19)/i2D2,3D2,4D2,7D2,8D2. The summed E-state index contributed by atoms with van der Waals surface area (Å²) in [5, 5.41) is 10.9. The van der Waals surface area contributed by atoms with Crippen molar-refractivity contribution in [3.63, 3.8) is 0 Å². The van der Waals surface area contributed by atoms with Gasteiger partial charge >= 0.3 is 0 Å². The van der Waals surface area contributed by atoms with Crippen LogP contribution in [0.25, 0.3) is 0 Å². The minimum Gasteiger partial charge on any atom is -0.506 e. The lowest BCUT2D eigenvalue weighted by molar-refractivity contribution is -0.126. The predicted octanol–water partition coefficient (Wildman–Crippen LogP) is 4.61. The minimum absolute atomic E-state index is 0.262. The number of anilines is 1. The molecule has 0 spiro atoms. The summed E-state index contributed by atoms with van der Waals surface area (Å²) >= 11 is 11.7. The Bertz CT molecular complexity index is 844. The van der Waals surface area contributed by atoms with Crippen LogP contribution >= 0.6 is 23.2 Å². The molecular weight excluding hydrogens is 285 g/mol. The predicted molar refractivity (Wildman–Crippen MR) is 77.9 cm³/mol. The number of carbonyl (C=O) groups excluding carboxylic acids is 1. The number of phenolic OH excluding ortho intramolecular Hbond substituents is 1. The van der Waals surface area contributed by atoms with Gasteiger partial charge in [-0.3, -0.25) is 4.79 Å². The van der Waals surface area contributed by atoms with Crippen molar-refractivity contribution >= 4 is 34.8 Å². The molecule has 0 heterocycles. The summed E-state index contributed by atoms with van der Waals surface area (Å²) in [6.45, 7) is 0.684. The highest BCUT2D eigenvalue weighted by Crippen LogP contribution is 2.40. The number of rotatable bonds is 2. The fourth-order valence-electron chi connectivity index (χ4n) is 1.37. The SMILES string of the molecule is [2H]C1([2H])C([2H])([2H])C([2H])([2H])C(C)(C(=O)Nc2ccc(O)c(Cl)c2Cl)C([2H])([2H])C1([2H])[2H]. The molecule has 1 aromatic rings. The van der Waals surface area contributed by atoms with Gasteiger partial charge in [-0.15, -0.1) is 0 Å². The molecule has 0 aliphatic heterocycles. The molecule has 104 valence electrons. The van der Waals surface area contributed by atoms with Crippen LogP contribution in [0, 0.1) is 5.41 Å². The van der Waals surface area contributed by atoms with Crippen molar-refractivity contribution in [3.8, 4) is 5.75 Å². The first-order valence-electron chi connectivity index (χ1n) is 10.2. The number of phenols is 1. The molecule has 0 bridgehead atoms. The summed E-state index contributed by atoms with van der Waals surface area (Å²) in [5.74, 6) is -1.91. The first-order chi connectivity index (χ1) is 12.7. The highest BCUT2D eigenvalue weighted by molar-refractivity contribution is 6.44. The largest absolute Gasteiger partial charge is 0.506 e. The molecule has 0 saturated heterocycles. The fraction of sp³-hybridized carbons (Fsp3) is 0.500. The maximum absolute atomic E-state index is 13.0. The average Bonchev–Trinajstić information content (AvgIpc) is 2.59. The summed E-state index contributed by atoms with van der Waals surface area (Å²) in [6.07, 6.45) is -17.8. The molecule has 1 fully saturated rings. The molecule has 3 nitrogen and oxygen atoms in total. The van der Waals surface area contributed by atoms with Gasteiger partial charge in [0.05, 0.1) is 10.7 Å². The lowest BCUT2D eigenvalue weighted by Gasteiger charge is -2.32. The van der Waals surface area contributed by atoms with Crippen LogP contribution in [0.5, 0.6) is 5.75 Å². The van der Waals surface area contributed by atoms with Gasteiger partial charge in [0.2, 0.25) is 5.91 Å². The third-order valence-corrected chi connectivity index (χ3v) is 3.39. The molecule has 0 aromatic heterocycles. The first-order valence-corrected chi connectivity index (χ1v) is 5.97. The smallest absolute Gasteiger partial charge is 0.230 e. The molecule has 1 saturated carbocycles. The highest BCUT2D eigenvalue weighted by atomic mass is 35.5. The van der Waals surface area contributed by atoms with E-state index in [-0.39, 0.29) is 15.7 Å². The summed E-state index contributed by atoms with van der Waals surface area (Å²) < 4.78 is 80.1. The van der Waals surface area contributed by atoms with E-state index in [2.05, 4.69) is 5.32 Å². The Labute approximate surface area is 137 Å². The molecule has 19 heavy (non-hydrogen) atoms. The van der Waals surface area contributed by atoms with Crippen LogP contribution in [0.3, 0.4) is 0 Å². The number of hydrogen-bond donors (Lipinski definition) is 2.